The smallest absolute Gasteiger partial charge is 0.332 e. The lowest BCUT2D eigenvalue weighted by atomic mass is 10.2. The monoisotopic (exact) mass is 272 g/mol. The van der Waals surface area contributed by atoms with Crippen LogP contribution in [0, 0.1) is 5.92 Å². The fourth-order valence-electron chi connectivity index (χ4n) is 1.70. The Hall–Kier alpha value is -1.63. The molecule has 1 heterocycles. The van der Waals surface area contributed by atoms with Gasteiger partial charge in [-0.15, -0.1) is 0 Å². The van der Waals surface area contributed by atoms with E-state index in [4.69, 9.17) is 9.84 Å². The van der Waals surface area contributed by atoms with Gasteiger partial charge < -0.3 is 20.5 Å². The van der Waals surface area contributed by atoms with Gasteiger partial charge in [0.2, 0.25) is 11.8 Å². The van der Waals surface area contributed by atoms with Gasteiger partial charge in [-0.3, -0.25) is 9.59 Å². The Morgan fingerprint density at radius 3 is 2.26 bits per heavy atom. The molecule has 0 saturated carbocycles. The Kier molecular flexibility index (Phi) is 5.75. The summed E-state index contributed by atoms with van der Waals surface area (Å²) >= 11 is 0. The zero-order valence-corrected chi connectivity index (χ0v) is 11.1. The Morgan fingerprint density at radius 2 is 1.74 bits per heavy atom. The highest BCUT2D eigenvalue weighted by molar-refractivity contribution is 5.82. The van der Waals surface area contributed by atoms with E-state index < -0.39 is 18.2 Å². The van der Waals surface area contributed by atoms with Crippen LogP contribution in [0.5, 0.6) is 0 Å². The van der Waals surface area contributed by atoms with Gasteiger partial charge >= 0.3 is 5.97 Å². The number of hydrogen-bond donors (Lipinski definition) is 3. The second-order valence-corrected chi connectivity index (χ2v) is 4.77. The van der Waals surface area contributed by atoms with E-state index in [1.807, 2.05) is 0 Å². The van der Waals surface area contributed by atoms with Crippen LogP contribution < -0.4 is 10.6 Å². The predicted octanol–water partition coefficient (Wildman–Crippen LogP) is -0.493. The van der Waals surface area contributed by atoms with Crippen molar-refractivity contribution in [3.8, 4) is 0 Å². The first-order valence-corrected chi connectivity index (χ1v) is 6.35. The zero-order valence-electron chi connectivity index (χ0n) is 11.1. The molecule has 1 rings (SSSR count). The molecule has 3 N–H and O–H groups in total. The molecule has 0 aromatic rings. The molecule has 0 spiro atoms. The van der Waals surface area contributed by atoms with Gasteiger partial charge in [-0.1, -0.05) is 13.8 Å². The van der Waals surface area contributed by atoms with Crippen LogP contribution in [-0.2, 0) is 19.1 Å². The summed E-state index contributed by atoms with van der Waals surface area (Å²) in [5.41, 5.74) is 0. The van der Waals surface area contributed by atoms with E-state index >= 15 is 0 Å². The molecule has 0 aromatic carbocycles. The van der Waals surface area contributed by atoms with Crippen LogP contribution in [-0.4, -0.2) is 48.2 Å². The summed E-state index contributed by atoms with van der Waals surface area (Å²) in [4.78, 5) is 33.6. The summed E-state index contributed by atoms with van der Waals surface area (Å²) in [5, 5.41) is 14.0. The lowest BCUT2D eigenvalue weighted by Crippen LogP contribution is -2.40. The SMILES string of the molecule is CC(C)C(=O)NCCNC(=O)C1CCC(C(=O)O)O1. The fourth-order valence-corrected chi connectivity index (χ4v) is 1.70. The first-order valence-electron chi connectivity index (χ1n) is 6.35. The lowest BCUT2D eigenvalue weighted by Gasteiger charge is -2.12. The van der Waals surface area contributed by atoms with E-state index in [-0.39, 0.29) is 17.7 Å². The third-order valence-electron chi connectivity index (χ3n) is 2.84. The maximum Gasteiger partial charge on any atom is 0.332 e. The van der Waals surface area contributed by atoms with Gasteiger partial charge in [0.05, 0.1) is 0 Å². The molecule has 1 saturated heterocycles. The van der Waals surface area contributed by atoms with Crippen molar-refractivity contribution in [2.45, 2.75) is 38.9 Å². The Morgan fingerprint density at radius 1 is 1.16 bits per heavy atom. The van der Waals surface area contributed by atoms with Crippen molar-refractivity contribution in [3.05, 3.63) is 0 Å². The van der Waals surface area contributed by atoms with Crippen molar-refractivity contribution in [2.75, 3.05) is 13.1 Å². The van der Waals surface area contributed by atoms with E-state index in [1.54, 1.807) is 13.8 Å². The molecule has 2 unspecified atom stereocenters. The van der Waals surface area contributed by atoms with Crippen LogP contribution in [0.2, 0.25) is 0 Å². The fraction of sp³-hybridized carbons (Fsp3) is 0.750. The molecule has 0 radical (unpaired) electrons. The molecule has 7 nitrogen and oxygen atoms in total. The van der Waals surface area contributed by atoms with Crippen LogP contribution in [0.4, 0.5) is 0 Å². The minimum absolute atomic E-state index is 0.0719. The molecule has 7 heteroatoms. The second-order valence-electron chi connectivity index (χ2n) is 4.77. The number of carboxylic acids is 1. The second kappa shape index (κ2) is 7.08. The molecule has 2 atom stereocenters. The molecule has 0 bridgehead atoms. The van der Waals surface area contributed by atoms with Crippen molar-refractivity contribution in [2.24, 2.45) is 5.92 Å². The molecule has 0 aromatic heterocycles. The van der Waals surface area contributed by atoms with Gasteiger partial charge in [0.1, 0.15) is 6.10 Å². The average Bonchev–Trinajstić information content (AvgIpc) is 2.83. The van der Waals surface area contributed by atoms with Crippen LogP contribution in [0.25, 0.3) is 0 Å². The van der Waals surface area contributed by atoms with Crippen molar-refractivity contribution in [3.63, 3.8) is 0 Å². The molecule has 2 amide bonds. The number of nitrogens with one attached hydrogen (secondary N) is 2. The molecule has 1 aliphatic rings. The largest absolute Gasteiger partial charge is 0.479 e. The van der Waals surface area contributed by atoms with Crippen molar-refractivity contribution in [1.82, 2.24) is 10.6 Å². The number of carboxylic acid groups (broad SMARTS) is 1. The van der Waals surface area contributed by atoms with Gasteiger partial charge in [-0.05, 0) is 12.8 Å². The number of aliphatic carboxylic acids is 1. The summed E-state index contributed by atoms with van der Waals surface area (Å²) in [5.74, 6) is -1.54. The van der Waals surface area contributed by atoms with E-state index in [0.29, 0.717) is 25.9 Å². The van der Waals surface area contributed by atoms with Gasteiger partial charge in [0.15, 0.2) is 6.10 Å². The molecule has 1 fully saturated rings. The number of hydrogen-bond acceptors (Lipinski definition) is 4. The highest BCUT2D eigenvalue weighted by Crippen LogP contribution is 2.19. The molecule has 0 aliphatic carbocycles. The minimum Gasteiger partial charge on any atom is -0.479 e. The Balaban J connectivity index is 2.19. The van der Waals surface area contributed by atoms with Gasteiger partial charge in [0.25, 0.3) is 0 Å². The normalized spacial score (nSPS) is 22.3. The number of rotatable bonds is 6. The van der Waals surface area contributed by atoms with E-state index in [1.165, 1.54) is 0 Å². The van der Waals surface area contributed by atoms with Gasteiger partial charge in [0, 0.05) is 19.0 Å². The van der Waals surface area contributed by atoms with E-state index in [0.717, 1.165) is 0 Å². The number of ether oxygens (including phenoxy) is 1. The summed E-state index contributed by atoms with van der Waals surface area (Å²) in [6.45, 7) is 4.21. The highest BCUT2D eigenvalue weighted by atomic mass is 16.5. The highest BCUT2D eigenvalue weighted by Gasteiger charge is 2.34. The number of carbonyl (C=O) groups is 3. The summed E-state index contributed by atoms with van der Waals surface area (Å²) < 4.78 is 5.10. The molecule has 108 valence electrons. The van der Waals surface area contributed by atoms with Crippen molar-refractivity contribution < 1.29 is 24.2 Å². The molecule has 19 heavy (non-hydrogen) atoms. The van der Waals surface area contributed by atoms with Crippen molar-refractivity contribution >= 4 is 17.8 Å². The number of amides is 2. The van der Waals surface area contributed by atoms with Gasteiger partial charge in [-0.2, -0.15) is 0 Å². The van der Waals surface area contributed by atoms with Gasteiger partial charge in [-0.25, -0.2) is 4.79 Å². The maximum absolute atomic E-state index is 11.7. The van der Waals surface area contributed by atoms with E-state index in [2.05, 4.69) is 10.6 Å². The standard InChI is InChI=1S/C12H20N2O5/c1-7(2)10(15)13-5-6-14-11(16)8-3-4-9(19-8)12(17)18/h7-9H,3-6H2,1-2H3,(H,13,15)(H,14,16)(H,17,18). The maximum atomic E-state index is 11.7. The molecule has 1 aliphatic heterocycles. The predicted molar refractivity (Wildman–Crippen MR) is 66.4 cm³/mol. The zero-order chi connectivity index (χ0) is 14.4. The minimum atomic E-state index is -1.04. The van der Waals surface area contributed by atoms with Crippen LogP contribution >= 0.6 is 0 Å². The van der Waals surface area contributed by atoms with Crippen LogP contribution in [0.3, 0.4) is 0 Å². The topological polar surface area (TPSA) is 105 Å². The average molecular weight is 272 g/mol. The van der Waals surface area contributed by atoms with Crippen LogP contribution in [0.15, 0.2) is 0 Å². The Bertz CT molecular complexity index is 356. The van der Waals surface area contributed by atoms with Crippen molar-refractivity contribution in [1.29, 1.82) is 0 Å². The Labute approximate surface area is 111 Å². The van der Waals surface area contributed by atoms with E-state index in [9.17, 15) is 14.4 Å². The third kappa shape index (κ3) is 4.86. The molecular formula is C12H20N2O5. The lowest BCUT2D eigenvalue weighted by molar-refractivity contribution is -0.151. The first-order chi connectivity index (χ1) is 8.91. The summed E-state index contributed by atoms with van der Waals surface area (Å²) in [7, 11) is 0. The number of carbonyl (C=O) groups excluding carboxylic acids is 2. The van der Waals surface area contributed by atoms with Crippen LogP contribution in [0.1, 0.15) is 26.7 Å². The molecular weight excluding hydrogens is 252 g/mol. The summed E-state index contributed by atoms with van der Waals surface area (Å²) in [6, 6.07) is 0. The first kappa shape index (κ1) is 15.4. The quantitative estimate of drug-likeness (QED) is 0.566. The summed E-state index contributed by atoms with van der Waals surface area (Å²) in [6.07, 6.45) is -0.850. The third-order valence-corrected chi connectivity index (χ3v) is 2.84.